The third kappa shape index (κ3) is 4.36. The lowest BCUT2D eigenvalue weighted by Gasteiger charge is -2.08. The molecule has 0 aromatic carbocycles. The lowest BCUT2D eigenvalue weighted by Crippen LogP contribution is -2.22. The summed E-state index contributed by atoms with van der Waals surface area (Å²) in [6.07, 6.45) is 1.17. The van der Waals surface area contributed by atoms with E-state index in [4.69, 9.17) is 10.3 Å². The Hall–Kier alpha value is -1.69. The molecule has 0 heterocycles. The van der Waals surface area contributed by atoms with Gasteiger partial charge in [-0.15, -0.1) is 0 Å². The van der Waals surface area contributed by atoms with E-state index in [1.807, 2.05) is 0 Å². The number of carbonyl (C=O) groups excluding carboxylic acids is 2. The molecule has 0 spiro atoms. The zero-order chi connectivity index (χ0) is 11.1. The minimum atomic E-state index is -1.23. The van der Waals surface area contributed by atoms with E-state index < -0.39 is 11.9 Å². The van der Waals surface area contributed by atoms with Crippen LogP contribution in [-0.4, -0.2) is 33.5 Å². The van der Waals surface area contributed by atoms with Gasteiger partial charge in [0.1, 0.15) is 6.29 Å². The molecule has 0 saturated carbocycles. The van der Waals surface area contributed by atoms with Gasteiger partial charge in [0.25, 0.3) is 5.91 Å². The van der Waals surface area contributed by atoms with Crippen LogP contribution in [0, 0.1) is 0 Å². The van der Waals surface area contributed by atoms with E-state index in [9.17, 15) is 14.4 Å². The van der Waals surface area contributed by atoms with E-state index >= 15 is 0 Å². The fourth-order valence-electron chi connectivity index (χ4n) is 0.608. The average Bonchev–Trinajstić information content (AvgIpc) is 2.13. The Kier molecular flexibility index (Phi) is 5.16. The van der Waals surface area contributed by atoms with Crippen LogP contribution >= 0.6 is 0 Å². The molecule has 6 heteroatoms. The summed E-state index contributed by atoms with van der Waals surface area (Å²) in [5, 5.41) is 17.6. The van der Waals surface area contributed by atoms with Crippen LogP contribution in [-0.2, 0) is 14.4 Å². The van der Waals surface area contributed by atoms with Gasteiger partial charge < -0.3 is 9.90 Å². The first kappa shape index (κ1) is 12.3. The number of hydroxylamine groups is 2. The maximum Gasteiger partial charge on any atom is 0.332 e. The second-order valence-corrected chi connectivity index (χ2v) is 2.56. The SMILES string of the molecule is CC(=CN(O)C(=O)CCC=O)C(=O)O. The molecule has 78 valence electrons. The van der Waals surface area contributed by atoms with E-state index in [0.29, 0.717) is 6.29 Å². The van der Waals surface area contributed by atoms with Gasteiger partial charge >= 0.3 is 5.97 Å². The minimum Gasteiger partial charge on any atom is -0.478 e. The van der Waals surface area contributed by atoms with Crippen molar-refractivity contribution in [2.45, 2.75) is 19.8 Å². The molecule has 0 radical (unpaired) electrons. The van der Waals surface area contributed by atoms with Crippen LogP contribution in [0.3, 0.4) is 0 Å². The highest BCUT2D eigenvalue weighted by Crippen LogP contribution is 1.99. The lowest BCUT2D eigenvalue weighted by atomic mass is 10.3. The van der Waals surface area contributed by atoms with Crippen LogP contribution in [0.5, 0.6) is 0 Å². The number of carboxylic acid groups (broad SMARTS) is 1. The first-order valence-electron chi connectivity index (χ1n) is 3.85. The Morgan fingerprint density at radius 3 is 2.43 bits per heavy atom. The normalized spacial score (nSPS) is 10.9. The summed E-state index contributed by atoms with van der Waals surface area (Å²) in [5.74, 6) is -1.95. The van der Waals surface area contributed by atoms with Crippen LogP contribution in [0.2, 0.25) is 0 Å². The maximum atomic E-state index is 10.9. The Balaban J connectivity index is 4.25. The summed E-state index contributed by atoms with van der Waals surface area (Å²) in [6, 6.07) is 0. The number of aldehydes is 1. The molecule has 0 atom stereocenters. The van der Waals surface area contributed by atoms with Gasteiger partial charge in [0.05, 0.1) is 5.57 Å². The molecule has 0 aliphatic heterocycles. The fourth-order valence-corrected chi connectivity index (χ4v) is 0.608. The van der Waals surface area contributed by atoms with Gasteiger partial charge in [-0.3, -0.25) is 10.0 Å². The van der Waals surface area contributed by atoms with Gasteiger partial charge in [0.2, 0.25) is 0 Å². The van der Waals surface area contributed by atoms with Crippen LogP contribution in [0.25, 0.3) is 0 Å². The third-order valence-electron chi connectivity index (χ3n) is 1.38. The second kappa shape index (κ2) is 5.87. The van der Waals surface area contributed by atoms with Crippen molar-refractivity contribution < 1.29 is 24.7 Å². The molecule has 1 amide bonds. The molecule has 0 rings (SSSR count). The summed E-state index contributed by atoms with van der Waals surface area (Å²) in [5.41, 5.74) is -0.174. The van der Waals surface area contributed by atoms with Gasteiger partial charge in [0, 0.05) is 19.0 Å². The number of amides is 1. The van der Waals surface area contributed by atoms with Crippen molar-refractivity contribution in [3.05, 3.63) is 11.8 Å². The molecule has 2 N–H and O–H groups in total. The molecule has 0 fully saturated rings. The van der Waals surface area contributed by atoms with Gasteiger partial charge in [-0.05, 0) is 6.92 Å². The van der Waals surface area contributed by atoms with Crippen LogP contribution in [0.15, 0.2) is 11.8 Å². The van der Waals surface area contributed by atoms with E-state index in [1.54, 1.807) is 0 Å². The first-order chi connectivity index (χ1) is 6.49. The molecular formula is C8H11NO5. The standard InChI is InChI=1S/C8H11NO5/c1-6(8(12)13)5-9(14)7(11)3-2-4-10/h4-5,14H,2-3H2,1H3,(H,12,13). The maximum absolute atomic E-state index is 10.9. The topological polar surface area (TPSA) is 94.9 Å². The van der Waals surface area contributed by atoms with Crippen LogP contribution in [0.4, 0.5) is 0 Å². The van der Waals surface area contributed by atoms with E-state index in [-0.39, 0.29) is 23.5 Å². The van der Waals surface area contributed by atoms with Crippen LogP contribution < -0.4 is 0 Å². The Bertz CT molecular complexity index is 271. The molecule has 0 aromatic rings. The summed E-state index contributed by atoms with van der Waals surface area (Å²) < 4.78 is 0. The molecule has 6 nitrogen and oxygen atoms in total. The zero-order valence-corrected chi connectivity index (χ0v) is 7.64. The number of aliphatic carboxylic acids is 1. The molecular weight excluding hydrogens is 190 g/mol. The smallest absolute Gasteiger partial charge is 0.332 e. The Morgan fingerprint density at radius 2 is 2.00 bits per heavy atom. The van der Waals surface area contributed by atoms with Gasteiger partial charge in [-0.2, -0.15) is 5.06 Å². The third-order valence-corrected chi connectivity index (χ3v) is 1.38. The van der Waals surface area contributed by atoms with Crippen molar-refractivity contribution in [3.63, 3.8) is 0 Å². The highest BCUT2D eigenvalue weighted by Gasteiger charge is 2.09. The monoisotopic (exact) mass is 201 g/mol. The number of carboxylic acids is 1. The van der Waals surface area contributed by atoms with Gasteiger partial charge in [-0.1, -0.05) is 0 Å². The van der Waals surface area contributed by atoms with E-state index in [2.05, 4.69) is 0 Å². The van der Waals surface area contributed by atoms with E-state index in [1.165, 1.54) is 6.92 Å². The minimum absolute atomic E-state index is 0.00411. The number of hydrogen-bond acceptors (Lipinski definition) is 4. The molecule has 0 aromatic heterocycles. The summed E-state index contributed by atoms with van der Waals surface area (Å²) in [4.78, 5) is 31.1. The van der Waals surface area contributed by atoms with Crippen molar-refractivity contribution in [1.82, 2.24) is 5.06 Å². The molecule has 0 aliphatic rings. The highest BCUT2D eigenvalue weighted by atomic mass is 16.5. The van der Waals surface area contributed by atoms with Crippen molar-refractivity contribution in [1.29, 1.82) is 0 Å². The first-order valence-corrected chi connectivity index (χ1v) is 3.85. The number of nitrogens with zero attached hydrogens (tertiary/aromatic N) is 1. The van der Waals surface area contributed by atoms with Crippen LogP contribution in [0.1, 0.15) is 19.8 Å². The Labute approximate surface area is 80.4 Å². The molecule has 0 bridgehead atoms. The molecule has 14 heavy (non-hydrogen) atoms. The predicted molar refractivity (Wildman–Crippen MR) is 45.3 cm³/mol. The van der Waals surface area contributed by atoms with Crippen molar-refractivity contribution in [3.8, 4) is 0 Å². The number of carbonyl (C=O) groups is 3. The van der Waals surface area contributed by atoms with Gasteiger partial charge in [0.15, 0.2) is 0 Å². The Morgan fingerprint density at radius 1 is 1.43 bits per heavy atom. The molecule has 0 saturated heterocycles. The lowest BCUT2D eigenvalue weighted by molar-refractivity contribution is -0.154. The molecule has 0 unspecified atom stereocenters. The van der Waals surface area contributed by atoms with E-state index in [0.717, 1.165) is 6.20 Å². The highest BCUT2D eigenvalue weighted by molar-refractivity contribution is 5.87. The summed E-state index contributed by atoms with van der Waals surface area (Å²) in [6.45, 7) is 1.23. The second-order valence-electron chi connectivity index (χ2n) is 2.56. The average molecular weight is 201 g/mol. The zero-order valence-electron chi connectivity index (χ0n) is 7.64. The fraction of sp³-hybridized carbons (Fsp3) is 0.375. The summed E-state index contributed by atoms with van der Waals surface area (Å²) in [7, 11) is 0. The van der Waals surface area contributed by atoms with Crippen molar-refractivity contribution in [2.24, 2.45) is 0 Å². The molecule has 0 aliphatic carbocycles. The predicted octanol–water partition coefficient (Wildman–Crippen LogP) is 0.172. The van der Waals surface area contributed by atoms with Crippen molar-refractivity contribution >= 4 is 18.2 Å². The number of rotatable bonds is 5. The quantitative estimate of drug-likeness (QED) is 0.286. The summed E-state index contributed by atoms with van der Waals surface area (Å²) >= 11 is 0. The van der Waals surface area contributed by atoms with Gasteiger partial charge in [-0.25, -0.2) is 4.79 Å². The largest absolute Gasteiger partial charge is 0.478 e. The number of hydrogen-bond donors (Lipinski definition) is 2. The van der Waals surface area contributed by atoms with Crippen molar-refractivity contribution in [2.75, 3.05) is 0 Å².